The van der Waals surface area contributed by atoms with E-state index < -0.39 is 20.9 Å². The standard InChI is InChI=1S/C13H19FN2O2S/c1-10-4-6-11(7-5-10)9-16-19(17,18)13-12(14)3-2-8-15-13/h2-3,8,10-11,16H,4-7,9H2,1H3. The highest BCUT2D eigenvalue weighted by Gasteiger charge is 2.23. The molecule has 0 bridgehead atoms. The number of pyridine rings is 1. The molecular formula is C13H19FN2O2S. The molecule has 19 heavy (non-hydrogen) atoms. The zero-order valence-corrected chi connectivity index (χ0v) is 11.8. The zero-order chi connectivity index (χ0) is 13.9. The topological polar surface area (TPSA) is 59.1 Å². The number of hydrogen-bond acceptors (Lipinski definition) is 3. The minimum absolute atomic E-state index is 0.345. The number of nitrogens with zero attached hydrogens (tertiary/aromatic N) is 1. The van der Waals surface area contributed by atoms with Gasteiger partial charge in [0, 0.05) is 12.7 Å². The lowest BCUT2D eigenvalue weighted by molar-refractivity contribution is 0.290. The van der Waals surface area contributed by atoms with E-state index in [2.05, 4.69) is 16.6 Å². The number of aromatic nitrogens is 1. The average molecular weight is 286 g/mol. The molecular weight excluding hydrogens is 267 g/mol. The third-order valence-corrected chi connectivity index (χ3v) is 5.03. The molecule has 6 heteroatoms. The van der Waals surface area contributed by atoms with Gasteiger partial charge in [0.1, 0.15) is 0 Å². The van der Waals surface area contributed by atoms with E-state index in [1.165, 1.54) is 12.3 Å². The van der Waals surface area contributed by atoms with Crippen LogP contribution in [0.4, 0.5) is 4.39 Å². The fourth-order valence-corrected chi connectivity index (χ4v) is 3.51. The zero-order valence-electron chi connectivity index (χ0n) is 11.0. The molecule has 1 aliphatic rings. The smallest absolute Gasteiger partial charge is 0.241 e. The van der Waals surface area contributed by atoms with Gasteiger partial charge in [0.2, 0.25) is 5.03 Å². The number of halogens is 1. The predicted octanol–water partition coefficient (Wildman–Crippen LogP) is 2.33. The lowest BCUT2D eigenvalue weighted by Gasteiger charge is -2.26. The highest BCUT2D eigenvalue weighted by Crippen LogP contribution is 2.28. The molecule has 106 valence electrons. The first-order valence-corrected chi connectivity index (χ1v) is 8.07. The molecule has 1 N–H and O–H groups in total. The van der Waals surface area contributed by atoms with E-state index in [-0.39, 0.29) is 0 Å². The van der Waals surface area contributed by atoms with Gasteiger partial charge in [-0.05, 0) is 36.8 Å². The van der Waals surface area contributed by atoms with Gasteiger partial charge in [0.25, 0.3) is 10.0 Å². The normalized spacial score (nSPS) is 24.3. The van der Waals surface area contributed by atoms with Crippen molar-refractivity contribution in [3.8, 4) is 0 Å². The maximum absolute atomic E-state index is 13.4. The summed E-state index contributed by atoms with van der Waals surface area (Å²) in [4.78, 5) is 3.60. The van der Waals surface area contributed by atoms with Crippen molar-refractivity contribution in [2.75, 3.05) is 6.54 Å². The third-order valence-electron chi connectivity index (χ3n) is 3.68. The van der Waals surface area contributed by atoms with Crippen LogP contribution in [-0.4, -0.2) is 19.9 Å². The molecule has 0 radical (unpaired) electrons. The summed E-state index contributed by atoms with van der Waals surface area (Å²) in [6, 6.07) is 2.47. The molecule has 1 aliphatic carbocycles. The Kier molecular flexibility index (Phi) is 4.52. The van der Waals surface area contributed by atoms with Crippen LogP contribution in [0.25, 0.3) is 0 Å². The quantitative estimate of drug-likeness (QED) is 0.924. The first-order chi connectivity index (χ1) is 8.99. The summed E-state index contributed by atoms with van der Waals surface area (Å²) in [6.07, 6.45) is 5.58. The van der Waals surface area contributed by atoms with E-state index in [1.54, 1.807) is 0 Å². The van der Waals surface area contributed by atoms with Gasteiger partial charge >= 0.3 is 0 Å². The van der Waals surface area contributed by atoms with E-state index in [0.29, 0.717) is 12.5 Å². The number of hydrogen-bond donors (Lipinski definition) is 1. The van der Waals surface area contributed by atoms with Crippen molar-refractivity contribution in [2.24, 2.45) is 11.8 Å². The van der Waals surface area contributed by atoms with Crippen molar-refractivity contribution < 1.29 is 12.8 Å². The Morgan fingerprint density at radius 3 is 2.68 bits per heavy atom. The molecule has 2 rings (SSSR count). The molecule has 4 nitrogen and oxygen atoms in total. The second kappa shape index (κ2) is 5.96. The van der Waals surface area contributed by atoms with Gasteiger partial charge in [-0.1, -0.05) is 19.8 Å². The lowest BCUT2D eigenvalue weighted by atomic mass is 9.83. The molecule has 0 amide bonds. The number of sulfonamides is 1. The van der Waals surface area contributed by atoms with Crippen molar-refractivity contribution in [2.45, 2.75) is 37.6 Å². The summed E-state index contributed by atoms with van der Waals surface area (Å²) in [5.41, 5.74) is 0. The Bertz CT molecular complexity index is 525. The Morgan fingerprint density at radius 1 is 1.37 bits per heavy atom. The van der Waals surface area contributed by atoms with Crippen LogP contribution in [0.1, 0.15) is 32.6 Å². The SMILES string of the molecule is CC1CCC(CNS(=O)(=O)c2ncccc2F)CC1. The second-order valence-corrected chi connectivity index (χ2v) is 6.95. The van der Waals surface area contributed by atoms with E-state index in [0.717, 1.165) is 37.7 Å². The molecule has 0 atom stereocenters. The summed E-state index contributed by atoms with van der Waals surface area (Å²) < 4.78 is 39.8. The molecule has 0 aromatic carbocycles. The maximum atomic E-state index is 13.4. The Balaban J connectivity index is 1.97. The van der Waals surface area contributed by atoms with E-state index >= 15 is 0 Å². The van der Waals surface area contributed by atoms with Gasteiger partial charge in [-0.2, -0.15) is 0 Å². The van der Waals surface area contributed by atoms with Gasteiger partial charge in [0.05, 0.1) is 0 Å². The Hall–Kier alpha value is -1.01. The van der Waals surface area contributed by atoms with Gasteiger partial charge in [0.15, 0.2) is 5.82 Å². The van der Waals surface area contributed by atoms with E-state index in [1.807, 2.05) is 0 Å². The molecule has 0 aliphatic heterocycles. The maximum Gasteiger partial charge on any atom is 0.261 e. The van der Waals surface area contributed by atoms with Gasteiger partial charge in [-0.3, -0.25) is 0 Å². The molecule has 1 saturated carbocycles. The van der Waals surface area contributed by atoms with Crippen LogP contribution >= 0.6 is 0 Å². The summed E-state index contributed by atoms with van der Waals surface area (Å²) in [6.45, 7) is 2.58. The van der Waals surface area contributed by atoms with Crippen LogP contribution in [0.15, 0.2) is 23.4 Å². The largest absolute Gasteiger partial charge is 0.261 e. The van der Waals surface area contributed by atoms with Crippen LogP contribution in [0, 0.1) is 17.7 Å². The monoisotopic (exact) mass is 286 g/mol. The third kappa shape index (κ3) is 3.73. The first kappa shape index (κ1) is 14.4. The molecule has 0 spiro atoms. The van der Waals surface area contributed by atoms with Crippen molar-refractivity contribution in [3.05, 3.63) is 24.1 Å². The van der Waals surface area contributed by atoms with Crippen LogP contribution in [0.5, 0.6) is 0 Å². The van der Waals surface area contributed by atoms with Crippen LogP contribution in [0.2, 0.25) is 0 Å². The minimum Gasteiger partial charge on any atom is -0.241 e. The molecule has 0 unspecified atom stereocenters. The van der Waals surface area contributed by atoms with Gasteiger partial charge < -0.3 is 0 Å². The summed E-state index contributed by atoms with van der Waals surface area (Å²) in [7, 11) is -3.84. The Morgan fingerprint density at radius 2 is 2.05 bits per heavy atom. The minimum atomic E-state index is -3.84. The Labute approximate surface area is 113 Å². The van der Waals surface area contributed by atoms with Crippen LogP contribution in [-0.2, 0) is 10.0 Å². The fourth-order valence-electron chi connectivity index (χ4n) is 2.40. The van der Waals surface area contributed by atoms with Gasteiger partial charge in [-0.15, -0.1) is 0 Å². The van der Waals surface area contributed by atoms with Crippen molar-refractivity contribution >= 4 is 10.0 Å². The van der Waals surface area contributed by atoms with Crippen molar-refractivity contribution in [1.29, 1.82) is 0 Å². The first-order valence-electron chi connectivity index (χ1n) is 6.59. The highest BCUT2D eigenvalue weighted by molar-refractivity contribution is 7.89. The van der Waals surface area contributed by atoms with Crippen molar-refractivity contribution in [1.82, 2.24) is 9.71 Å². The fraction of sp³-hybridized carbons (Fsp3) is 0.615. The number of rotatable bonds is 4. The molecule has 1 fully saturated rings. The molecule has 1 heterocycles. The molecule has 1 aromatic rings. The lowest BCUT2D eigenvalue weighted by Crippen LogP contribution is -2.32. The number of nitrogens with one attached hydrogen (secondary N) is 1. The highest BCUT2D eigenvalue weighted by atomic mass is 32.2. The van der Waals surface area contributed by atoms with Crippen molar-refractivity contribution in [3.63, 3.8) is 0 Å². The molecule has 1 aromatic heterocycles. The van der Waals surface area contributed by atoms with E-state index in [4.69, 9.17) is 0 Å². The summed E-state index contributed by atoms with van der Waals surface area (Å²) in [5, 5.41) is -0.515. The van der Waals surface area contributed by atoms with Crippen LogP contribution < -0.4 is 4.72 Å². The molecule has 0 saturated heterocycles. The van der Waals surface area contributed by atoms with Crippen LogP contribution in [0.3, 0.4) is 0 Å². The summed E-state index contributed by atoms with van der Waals surface area (Å²) in [5.74, 6) is 0.256. The van der Waals surface area contributed by atoms with Gasteiger partial charge in [-0.25, -0.2) is 22.5 Å². The van der Waals surface area contributed by atoms with E-state index in [9.17, 15) is 12.8 Å². The average Bonchev–Trinajstić information content (AvgIpc) is 2.38. The second-order valence-electron chi connectivity index (χ2n) is 5.27. The summed E-state index contributed by atoms with van der Waals surface area (Å²) >= 11 is 0. The predicted molar refractivity (Wildman–Crippen MR) is 70.5 cm³/mol.